The fourth-order valence-corrected chi connectivity index (χ4v) is 1.04. The molecule has 0 bridgehead atoms. The number of hydrogen-bond donors (Lipinski definition) is 4. The summed E-state index contributed by atoms with van der Waals surface area (Å²) in [6, 6.07) is 0. The number of H-pyrrole nitrogens is 1. The van der Waals surface area contributed by atoms with E-state index in [1.54, 1.807) is 0 Å². The average Bonchev–Trinajstić information content (AvgIpc) is 2.18. The lowest BCUT2D eigenvalue weighted by Gasteiger charge is -2.08. The molecule has 2 aromatic rings. The van der Waals surface area contributed by atoms with Crippen molar-refractivity contribution in [3.8, 4) is 0 Å². The van der Waals surface area contributed by atoms with Gasteiger partial charge in [0, 0.05) is 0 Å². The molecular weight excluding hydrogens is 200 g/mol. The van der Waals surface area contributed by atoms with Crippen molar-refractivity contribution in [2.75, 3.05) is 10.9 Å². The van der Waals surface area contributed by atoms with Crippen LogP contribution in [0.3, 0.4) is 0 Å². The third-order valence-corrected chi connectivity index (χ3v) is 1.67. The summed E-state index contributed by atoms with van der Waals surface area (Å²) in [7, 11) is 0. The van der Waals surface area contributed by atoms with Crippen LogP contribution in [-0.4, -0.2) is 19.9 Å². The molecule has 0 aliphatic heterocycles. The highest BCUT2D eigenvalue weighted by molar-refractivity contribution is 5.70. The molecule has 0 saturated carbocycles. The van der Waals surface area contributed by atoms with Gasteiger partial charge in [0.2, 0.25) is 5.95 Å². The number of hydrazine groups is 2. The van der Waals surface area contributed by atoms with Gasteiger partial charge >= 0.3 is 0 Å². The second kappa shape index (κ2) is 3.15. The van der Waals surface area contributed by atoms with Crippen LogP contribution in [-0.2, 0) is 0 Å². The van der Waals surface area contributed by atoms with E-state index in [-0.39, 0.29) is 22.9 Å². The van der Waals surface area contributed by atoms with Crippen molar-refractivity contribution in [3.05, 3.63) is 16.6 Å². The number of fused-ring (bicyclic) bond motifs is 1. The molecule has 2 heterocycles. The van der Waals surface area contributed by atoms with Crippen molar-refractivity contribution in [1.82, 2.24) is 19.9 Å². The van der Waals surface area contributed by atoms with Crippen molar-refractivity contribution in [3.63, 3.8) is 0 Å². The first kappa shape index (κ1) is 9.30. The fraction of sp³-hybridized carbons (Fsp3) is 0. The highest BCUT2D eigenvalue weighted by Crippen LogP contribution is 2.05. The molecule has 0 amide bonds. The molecule has 15 heavy (non-hydrogen) atoms. The van der Waals surface area contributed by atoms with E-state index in [1.807, 2.05) is 0 Å². The molecular formula is C6H8N8O. The first-order chi connectivity index (χ1) is 7.08. The van der Waals surface area contributed by atoms with Gasteiger partial charge in [-0.15, -0.1) is 0 Å². The Bertz CT molecular complexity index is 561. The molecule has 0 spiro atoms. The third-order valence-electron chi connectivity index (χ3n) is 1.67. The molecule has 0 aliphatic rings. The Morgan fingerprint density at radius 2 is 2.07 bits per heavy atom. The van der Waals surface area contributed by atoms with E-state index in [4.69, 9.17) is 17.4 Å². The smallest absolute Gasteiger partial charge is 0.280 e. The summed E-state index contributed by atoms with van der Waals surface area (Å²) >= 11 is 0. The minimum absolute atomic E-state index is 0.00780. The number of nitrogens with zero attached hydrogens (tertiary/aromatic N) is 4. The summed E-state index contributed by atoms with van der Waals surface area (Å²) in [5, 5.41) is 0.679. The van der Waals surface area contributed by atoms with Gasteiger partial charge in [-0.2, -0.15) is 4.98 Å². The van der Waals surface area contributed by atoms with Crippen LogP contribution >= 0.6 is 0 Å². The lowest BCUT2D eigenvalue weighted by atomic mass is 10.5. The van der Waals surface area contributed by atoms with E-state index in [0.717, 1.165) is 0 Å². The number of nitrogens with two attached hydrogens (primary N) is 3. The van der Waals surface area contributed by atoms with Gasteiger partial charge in [0.1, 0.15) is 5.82 Å². The molecule has 0 atom stereocenters. The zero-order valence-electron chi connectivity index (χ0n) is 7.51. The Morgan fingerprint density at radius 3 is 2.73 bits per heavy atom. The normalized spacial score (nSPS) is 10.5. The van der Waals surface area contributed by atoms with E-state index in [1.165, 1.54) is 6.20 Å². The second-order valence-corrected chi connectivity index (χ2v) is 2.76. The van der Waals surface area contributed by atoms with Crippen molar-refractivity contribution >= 4 is 22.9 Å². The van der Waals surface area contributed by atoms with Gasteiger partial charge < -0.3 is 5.73 Å². The summed E-state index contributed by atoms with van der Waals surface area (Å²) in [5.74, 6) is 10.5. The Labute approximate surface area is 82.9 Å². The molecule has 9 nitrogen and oxygen atoms in total. The maximum atomic E-state index is 11.5. The molecule has 0 saturated heterocycles. The van der Waals surface area contributed by atoms with Gasteiger partial charge in [-0.05, 0) is 0 Å². The number of anilines is 2. The van der Waals surface area contributed by atoms with Crippen molar-refractivity contribution < 1.29 is 0 Å². The molecule has 0 unspecified atom stereocenters. The second-order valence-electron chi connectivity index (χ2n) is 2.76. The molecule has 2 aromatic heterocycles. The van der Waals surface area contributed by atoms with Crippen LogP contribution in [0.15, 0.2) is 11.0 Å². The van der Waals surface area contributed by atoms with Crippen LogP contribution in [0.4, 0.5) is 11.8 Å². The molecule has 0 fully saturated rings. The SMILES string of the molecule is Nc1cnc2nc(N(N)N)[nH]c(=O)c2n1. The maximum absolute atomic E-state index is 11.5. The first-order valence-corrected chi connectivity index (χ1v) is 3.90. The van der Waals surface area contributed by atoms with E-state index in [2.05, 4.69) is 19.9 Å². The molecule has 2 rings (SSSR count). The monoisotopic (exact) mass is 208 g/mol. The number of nitrogens with one attached hydrogen (secondary N) is 1. The average molecular weight is 208 g/mol. The van der Waals surface area contributed by atoms with Crippen molar-refractivity contribution in [1.29, 1.82) is 0 Å². The molecule has 7 N–H and O–H groups in total. The van der Waals surface area contributed by atoms with Crippen molar-refractivity contribution in [2.45, 2.75) is 0 Å². The molecule has 0 aliphatic carbocycles. The quantitative estimate of drug-likeness (QED) is 0.305. The highest BCUT2D eigenvalue weighted by Gasteiger charge is 2.08. The lowest BCUT2D eigenvalue weighted by Crippen LogP contribution is -2.40. The van der Waals surface area contributed by atoms with Gasteiger partial charge in [-0.3, -0.25) is 9.78 Å². The minimum Gasteiger partial charge on any atom is -0.382 e. The summed E-state index contributed by atoms with van der Waals surface area (Å²) in [6.07, 6.45) is 1.29. The number of hydrogen-bond acceptors (Lipinski definition) is 8. The highest BCUT2D eigenvalue weighted by atomic mass is 16.1. The zero-order valence-corrected chi connectivity index (χ0v) is 7.51. The summed E-state index contributed by atoms with van der Waals surface area (Å²) in [4.78, 5) is 25.3. The van der Waals surface area contributed by atoms with Gasteiger partial charge in [0.15, 0.2) is 11.2 Å². The minimum atomic E-state index is -0.504. The Morgan fingerprint density at radius 1 is 1.33 bits per heavy atom. The summed E-state index contributed by atoms with van der Waals surface area (Å²) in [5.41, 5.74) is 5.04. The number of rotatable bonds is 1. The van der Waals surface area contributed by atoms with Crippen LogP contribution < -0.4 is 28.1 Å². The topological polar surface area (TPSA) is 153 Å². The van der Waals surface area contributed by atoms with E-state index < -0.39 is 5.56 Å². The maximum Gasteiger partial charge on any atom is 0.280 e. The summed E-state index contributed by atoms with van der Waals surface area (Å²) in [6.45, 7) is 0. The van der Waals surface area contributed by atoms with Crippen LogP contribution in [0.5, 0.6) is 0 Å². The lowest BCUT2D eigenvalue weighted by molar-refractivity contribution is 0.859. The molecule has 9 heteroatoms. The standard InChI is InChI=1S/C6H8N8O/c7-2-1-10-4-3(11-2)5(15)13-6(12-4)14(8)9/h1H,8-9H2,(H2,7,11)(H,10,12,13,15). The van der Waals surface area contributed by atoms with Crippen LogP contribution in [0.1, 0.15) is 0 Å². The number of aromatic nitrogens is 4. The molecule has 0 aromatic carbocycles. The van der Waals surface area contributed by atoms with E-state index in [0.29, 0.717) is 5.12 Å². The third kappa shape index (κ3) is 1.56. The first-order valence-electron chi connectivity index (χ1n) is 3.90. The van der Waals surface area contributed by atoms with Crippen LogP contribution in [0, 0.1) is 0 Å². The largest absolute Gasteiger partial charge is 0.382 e. The van der Waals surface area contributed by atoms with Gasteiger partial charge in [0.05, 0.1) is 6.20 Å². The van der Waals surface area contributed by atoms with Crippen LogP contribution in [0.25, 0.3) is 11.2 Å². The molecule has 0 radical (unpaired) electrons. The predicted octanol–water partition coefficient (Wildman–Crippen LogP) is -2.15. The summed E-state index contributed by atoms with van der Waals surface area (Å²) < 4.78 is 0. The van der Waals surface area contributed by atoms with Gasteiger partial charge in [0.25, 0.3) is 5.56 Å². The van der Waals surface area contributed by atoms with Crippen molar-refractivity contribution in [2.24, 2.45) is 11.7 Å². The number of nitrogen functional groups attached to an aromatic ring is 1. The zero-order chi connectivity index (χ0) is 11.0. The Balaban J connectivity index is 2.79. The van der Waals surface area contributed by atoms with E-state index >= 15 is 0 Å². The van der Waals surface area contributed by atoms with Gasteiger partial charge in [-0.25, -0.2) is 26.8 Å². The predicted molar refractivity (Wildman–Crippen MR) is 53.2 cm³/mol. The van der Waals surface area contributed by atoms with Gasteiger partial charge in [-0.1, -0.05) is 0 Å². The fourth-order valence-electron chi connectivity index (χ4n) is 1.04. The Hall–Kier alpha value is -2.26. The van der Waals surface area contributed by atoms with E-state index in [9.17, 15) is 4.79 Å². The Kier molecular flexibility index (Phi) is 1.95. The van der Waals surface area contributed by atoms with Crippen LogP contribution in [0.2, 0.25) is 0 Å². The number of aromatic amines is 1. The molecule has 78 valence electrons.